The number of alkyl carbamates (subject to hydrolysis) is 1. The maximum absolute atomic E-state index is 11.0. The van der Waals surface area contributed by atoms with Crippen molar-refractivity contribution in [1.82, 2.24) is 10.2 Å². The fourth-order valence-corrected chi connectivity index (χ4v) is 1.72. The van der Waals surface area contributed by atoms with Crippen molar-refractivity contribution < 1.29 is 9.53 Å². The molecule has 1 saturated heterocycles. The molecule has 1 amide bonds. The van der Waals surface area contributed by atoms with Gasteiger partial charge in [0.05, 0.1) is 6.61 Å². The van der Waals surface area contributed by atoms with Gasteiger partial charge in [-0.05, 0) is 39.8 Å². The lowest BCUT2D eigenvalue weighted by Crippen LogP contribution is -2.40. The van der Waals surface area contributed by atoms with Crippen molar-refractivity contribution in [2.45, 2.75) is 32.7 Å². The molecule has 0 aromatic heterocycles. The fraction of sp³-hybridized carbons (Fsp3) is 0.900. The molecule has 1 heterocycles. The minimum Gasteiger partial charge on any atom is -0.450 e. The van der Waals surface area contributed by atoms with Gasteiger partial charge < -0.3 is 10.1 Å². The molecule has 14 heavy (non-hydrogen) atoms. The molecular weight excluding hydrogens is 180 g/mol. The van der Waals surface area contributed by atoms with Gasteiger partial charge in [-0.15, -0.1) is 0 Å². The lowest BCUT2D eigenvalue weighted by molar-refractivity contribution is 0.147. The summed E-state index contributed by atoms with van der Waals surface area (Å²) < 4.78 is 4.79. The van der Waals surface area contributed by atoms with E-state index in [1.165, 1.54) is 12.8 Å². The van der Waals surface area contributed by atoms with Gasteiger partial charge in [0.25, 0.3) is 0 Å². The van der Waals surface area contributed by atoms with Crippen LogP contribution in [-0.4, -0.2) is 43.3 Å². The van der Waals surface area contributed by atoms with Gasteiger partial charge in [0.15, 0.2) is 0 Å². The molecule has 0 saturated carbocycles. The SMILES string of the molecule is CCOC(=O)NCC(C)N1CCCC1. The Morgan fingerprint density at radius 2 is 2.14 bits per heavy atom. The van der Waals surface area contributed by atoms with Gasteiger partial charge in [-0.25, -0.2) is 4.79 Å². The summed E-state index contributed by atoms with van der Waals surface area (Å²) in [7, 11) is 0. The molecule has 1 N–H and O–H groups in total. The zero-order valence-electron chi connectivity index (χ0n) is 9.08. The molecule has 0 aromatic rings. The quantitative estimate of drug-likeness (QED) is 0.742. The highest BCUT2D eigenvalue weighted by Gasteiger charge is 2.18. The van der Waals surface area contributed by atoms with Crippen LogP contribution in [0.1, 0.15) is 26.7 Å². The first-order valence-corrected chi connectivity index (χ1v) is 5.38. The van der Waals surface area contributed by atoms with E-state index in [2.05, 4.69) is 17.1 Å². The number of carbonyl (C=O) groups is 1. The number of hydrogen-bond donors (Lipinski definition) is 1. The van der Waals surface area contributed by atoms with Crippen LogP contribution in [-0.2, 0) is 4.74 Å². The number of rotatable bonds is 4. The molecule has 0 spiro atoms. The van der Waals surface area contributed by atoms with Crippen LogP contribution in [0.3, 0.4) is 0 Å². The molecule has 4 nitrogen and oxygen atoms in total. The number of hydrogen-bond acceptors (Lipinski definition) is 3. The van der Waals surface area contributed by atoms with Crippen molar-refractivity contribution in [3.8, 4) is 0 Å². The predicted octanol–water partition coefficient (Wildman–Crippen LogP) is 1.22. The summed E-state index contributed by atoms with van der Waals surface area (Å²) in [5.74, 6) is 0. The van der Waals surface area contributed by atoms with Crippen LogP contribution in [0.5, 0.6) is 0 Å². The van der Waals surface area contributed by atoms with Crippen molar-refractivity contribution >= 4 is 6.09 Å². The van der Waals surface area contributed by atoms with Gasteiger partial charge >= 0.3 is 6.09 Å². The summed E-state index contributed by atoms with van der Waals surface area (Å²) in [6.45, 7) is 7.38. The highest BCUT2D eigenvalue weighted by atomic mass is 16.5. The first-order chi connectivity index (χ1) is 6.74. The Kier molecular flexibility index (Phi) is 4.73. The number of carbonyl (C=O) groups excluding carboxylic acids is 1. The predicted molar refractivity (Wildman–Crippen MR) is 55.3 cm³/mol. The average Bonchev–Trinajstić information content (AvgIpc) is 2.67. The molecular formula is C10H20N2O2. The highest BCUT2D eigenvalue weighted by Crippen LogP contribution is 2.10. The number of likely N-dealkylation sites (tertiary alicyclic amines) is 1. The van der Waals surface area contributed by atoms with E-state index in [0.717, 1.165) is 13.1 Å². The van der Waals surface area contributed by atoms with Gasteiger partial charge in [0.2, 0.25) is 0 Å². The first kappa shape index (κ1) is 11.3. The van der Waals surface area contributed by atoms with Gasteiger partial charge in [-0.3, -0.25) is 4.90 Å². The monoisotopic (exact) mass is 200 g/mol. The smallest absolute Gasteiger partial charge is 0.407 e. The van der Waals surface area contributed by atoms with Crippen molar-refractivity contribution in [2.75, 3.05) is 26.2 Å². The first-order valence-electron chi connectivity index (χ1n) is 5.38. The molecule has 0 aliphatic carbocycles. The van der Waals surface area contributed by atoms with E-state index in [4.69, 9.17) is 4.74 Å². The molecule has 1 aliphatic rings. The summed E-state index contributed by atoms with van der Waals surface area (Å²) in [6.07, 6.45) is 2.26. The van der Waals surface area contributed by atoms with Crippen LogP contribution in [0.4, 0.5) is 4.79 Å². The van der Waals surface area contributed by atoms with Gasteiger partial charge in [0, 0.05) is 12.6 Å². The molecule has 1 rings (SSSR count). The second-order valence-corrected chi connectivity index (χ2v) is 3.69. The van der Waals surface area contributed by atoms with Gasteiger partial charge in [-0.2, -0.15) is 0 Å². The number of nitrogens with zero attached hydrogens (tertiary/aromatic N) is 1. The van der Waals surface area contributed by atoms with E-state index in [-0.39, 0.29) is 6.09 Å². The summed E-state index contributed by atoms with van der Waals surface area (Å²) in [5.41, 5.74) is 0. The summed E-state index contributed by atoms with van der Waals surface area (Å²) in [4.78, 5) is 13.4. The van der Waals surface area contributed by atoms with E-state index in [9.17, 15) is 4.79 Å². The summed E-state index contributed by atoms with van der Waals surface area (Å²) in [6, 6.07) is 0.418. The summed E-state index contributed by atoms with van der Waals surface area (Å²) in [5, 5.41) is 2.76. The number of ether oxygens (including phenoxy) is 1. The molecule has 82 valence electrons. The fourth-order valence-electron chi connectivity index (χ4n) is 1.72. The van der Waals surface area contributed by atoms with Crippen molar-refractivity contribution in [3.63, 3.8) is 0 Å². The number of amides is 1. The zero-order chi connectivity index (χ0) is 10.4. The second kappa shape index (κ2) is 5.86. The molecule has 0 radical (unpaired) electrons. The normalized spacial score (nSPS) is 19.3. The molecule has 1 aliphatic heterocycles. The Labute approximate surface area is 85.6 Å². The third-order valence-corrected chi connectivity index (χ3v) is 2.58. The van der Waals surface area contributed by atoms with Crippen molar-refractivity contribution in [3.05, 3.63) is 0 Å². The second-order valence-electron chi connectivity index (χ2n) is 3.69. The molecule has 0 bridgehead atoms. The Morgan fingerprint density at radius 1 is 1.50 bits per heavy atom. The average molecular weight is 200 g/mol. The van der Waals surface area contributed by atoms with E-state index in [1.54, 1.807) is 0 Å². The molecule has 1 unspecified atom stereocenters. The molecule has 0 aromatic carbocycles. The largest absolute Gasteiger partial charge is 0.450 e. The van der Waals surface area contributed by atoms with Crippen molar-refractivity contribution in [2.24, 2.45) is 0 Å². The Bertz CT molecular complexity index is 179. The lowest BCUT2D eigenvalue weighted by Gasteiger charge is -2.23. The molecule has 1 fully saturated rings. The van der Waals surface area contributed by atoms with Crippen LogP contribution in [0, 0.1) is 0 Å². The Balaban J connectivity index is 2.13. The van der Waals surface area contributed by atoms with E-state index < -0.39 is 0 Å². The van der Waals surface area contributed by atoms with E-state index in [0.29, 0.717) is 19.2 Å². The van der Waals surface area contributed by atoms with E-state index in [1.807, 2.05) is 6.92 Å². The molecule has 4 heteroatoms. The maximum Gasteiger partial charge on any atom is 0.407 e. The maximum atomic E-state index is 11.0. The van der Waals surface area contributed by atoms with Crippen LogP contribution in [0.2, 0.25) is 0 Å². The van der Waals surface area contributed by atoms with E-state index >= 15 is 0 Å². The lowest BCUT2D eigenvalue weighted by atomic mass is 10.3. The van der Waals surface area contributed by atoms with Gasteiger partial charge in [-0.1, -0.05) is 0 Å². The third-order valence-electron chi connectivity index (χ3n) is 2.58. The topological polar surface area (TPSA) is 41.6 Å². The minimum absolute atomic E-state index is 0.307. The van der Waals surface area contributed by atoms with Gasteiger partial charge in [0.1, 0.15) is 0 Å². The highest BCUT2D eigenvalue weighted by molar-refractivity contribution is 5.67. The Morgan fingerprint density at radius 3 is 2.71 bits per heavy atom. The van der Waals surface area contributed by atoms with Crippen LogP contribution in [0.25, 0.3) is 0 Å². The zero-order valence-corrected chi connectivity index (χ0v) is 9.08. The standard InChI is InChI=1S/C10H20N2O2/c1-3-14-10(13)11-8-9(2)12-6-4-5-7-12/h9H,3-8H2,1-2H3,(H,11,13). The van der Waals surface area contributed by atoms with Crippen LogP contribution < -0.4 is 5.32 Å². The van der Waals surface area contributed by atoms with Crippen LogP contribution >= 0.6 is 0 Å². The number of nitrogens with one attached hydrogen (secondary N) is 1. The minimum atomic E-state index is -0.307. The third kappa shape index (κ3) is 3.54. The van der Waals surface area contributed by atoms with Crippen LogP contribution in [0.15, 0.2) is 0 Å². The molecule has 1 atom stereocenters. The Hall–Kier alpha value is -0.770. The summed E-state index contributed by atoms with van der Waals surface area (Å²) >= 11 is 0. The van der Waals surface area contributed by atoms with Crippen molar-refractivity contribution in [1.29, 1.82) is 0 Å².